The van der Waals surface area contributed by atoms with Crippen LogP contribution in [-0.2, 0) is 6.54 Å². The van der Waals surface area contributed by atoms with Gasteiger partial charge >= 0.3 is 6.03 Å². The normalized spacial score (nSPS) is 20.7. The van der Waals surface area contributed by atoms with Crippen molar-refractivity contribution in [2.75, 3.05) is 11.9 Å². The number of amides is 2. The Labute approximate surface area is 115 Å². The average Bonchev–Trinajstić information content (AvgIpc) is 3.10. The van der Waals surface area contributed by atoms with E-state index in [0.717, 1.165) is 30.6 Å². The molecule has 1 aliphatic carbocycles. The highest BCUT2D eigenvalue weighted by Crippen LogP contribution is 2.28. The van der Waals surface area contributed by atoms with Crippen LogP contribution in [0.3, 0.4) is 0 Å². The summed E-state index contributed by atoms with van der Waals surface area (Å²) in [5.74, 6) is 0.634. The summed E-state index contributed by atoms with van der Waals surface area (Å²) in [5, 5.41) is 9.16. The van der Waals surface area contributed by atoms with Gasteiger partial charge in [0, 0.05) is 24.8 Å². The van der Waals surface area contributed by atoms with Crippen LogP contribution in [0.1, 0.15) is 32.3 Å². The number of benzene rings is 1. The zero-order chi connectivity index (χ0) is 13.7. The fraction of sp³-hybridized carbons (Fsp3) is 0.533. The first-order chi connectivity index (χ1) is 9.19. The first kappa shape index (κ1) is 13.7. The second kappa shape index (κ2) is 6.45. The third-order valence-corrected chi connectivity index (χ3v) is 3.41. The lowest BCUT2D eigenvalue weighted by molar-refractivity contribution is 0.239. The lowest BCUT2D eigenvalue weighted by Gasteiger charge is -2.08. The van der Waals surface area contributed by atoms with Gasteiger partial charge in [-0.2, -0.15) is 0 Å². The number of hydrogen-bond donors (Lipinski definition) is 3. The van der Waals surface area contributed by atoms with E-state index in [9.17, 15) is 4.79 Å². The van der Waals surface area contributed by atoms with Crippen molar-refractivity contribution in [3.63, 3.8) is 0 Å². The van der Waals surface area contributed by atoms with Gasteiger partial charge in [-0.25, -0.2) is 4.79 Å². The highest BCUT2D eigenvalue weighted by Gasteiger charge is 2.33. The molecular formula is C15H23N3O. The van der Waals surface area contributed by atoms with Crippen molar-refractivity contribution in [2.45, 2.75) is 39.3 Å². The summed E-state index contributed by atoms with van der Waals surface area (Å²) in [7, 11) is 0. The second-order valence-electron chi connectivity index (χ2n) is 5.27. The highest BCUT2D eigenvalue weighted by atomic mass is 16.2. The molecule has 2 atom stereocenters. The van der Waals surface area contributed by atoms with Gasteiger partial charge in [-0.1, -0.05) is 26.0 Å². The van der Waals surface area contributed by atoms with E-state index < -0.39 is 0 Å². The fourth-order valence-electron chi connectivity index (χ4n) is 1.93. The Morgan fingerprint density at radius 1 is 1.32 bits per heavy atom. The molecule has 4 nitrogen and oxygen atoms in total. The highest BCUT2D eigenvalue weighted by molar-refractivity contribution is 5.74. The SMILES string of the molecule is CCCNc1ccc(CNC(=O)N[C@@H]2C[C@H]2C)cc1. The number of carbonyl (C=O) groups excluding carboxylic acids is 1. The average molecular weight is 261 g/mol. The Kier molecular flexibility index (Phi) is 4.66. The molecule has 0 unspecified atom stereocenters. The molecule has 0 spiro atoms. The molecule has 4 heteroatoms. The van der Waals surface area contributed by atoms with Gasteiger partial charge in [0.1, 0.15) is 0 Å². The molecule has 2 rings (SSSR count). The Bertz CT molecular complexity index is 416. The number of hydrogen-bond acceptors (Lipinski definition) is 2. The number of rotatable bonds is 6. The van der Waals surface area contributed by atoms with E-state index >= 15 is 0 Å². The summed E-state index contributed by atoms with van der Waals surface area (Å²) >= 11 is 0. The van der Waals surface area contributed by atoms with Crippen LogP contribution in [0, 0.1) is 5.92 Å². The Morgan fingerprint density at radius 2 is 2.00 bits per heavy atom. The number of nitrogens with one attached hydrogen (secondary N) is 3. The van der Waals surface area contributed by atoms with Gasteiger partial charge < -0.3 is 16.0 Å². The fourth-order valence-corrected chi connectivity index (χ4v) is 1.93. The summed E-state index contributed by atoms with van der Waals surface area (Å²) in [6.45, 7) is 5.85. The molecule has 0 radical (unpaired) electrons. The molecule has 0 aliphatic heterocycles. The van der Waals surface area contributed by atoms with Gasteiger partial charge in [0.05, 0.1) is 0 Å². The zero-order valence-electron chi connectivity index (χ0n) is 11.7. The molecule has 0 bridgehead atoms. The summed E-state index contributed by atoms with van der Waals surface area (Å²) in [4.78, 5) is 11.6. The van der Waals surface area contributed by atoms with Gasteiger partial charge in [0.2, 0.25) is 0 Å². The molecule has 0 saturated heterocycles. The summed E-state index contributed by atoms with van der Waals surface area (Å²) in [6, 6.07) is 8.49. The van der Waals surface area contributed by atoms with Crippen LogP contribution >= 0.6 is 0 Å². The Morgan fingerprint density at radius 3 is 2.58 bits per heavy atom. The smallest absolute Gasteiger partial charge is 0.315 e. The number of anilines is 1. The van der Waals surface area contributed by atoms with Crippen molar-refractivity contribution in [2.24, 2.45) is 5.92 Å². The number of carbonyl (C=O) groups is 1. The summed E-state index contributed by atoms with van der Waals surface area (Å²) in [6.07, 6.45) is 2.22. The van der Waals surface area contributed by atoms with Crippen LogP contribution in [0.4, 0.5) is 10.5 Å². The predicted molar refractivity (Wildman–Crippen MR) is 78.2 cm³/mol. The van der Waals surface area contributed by atoms with E-state index in [1.807, 2.05) is 24.3 Å². The van der Waals surface area contributed by atoms with Crippen molar-refractivity contribution in [3.8, 4) is 0 Å². The predicted octanol–water partition coefficient (Wildman–Crippen LogP) is 2.72. The molecule has 3 N–H and O–H groups in total. The molecule has 1 fully saturated rings. The van der Waals surface area contributed by atoms with Crippen molar-refractivity contribution in [1.29, 1.82) is 0 Å². The van der Waals surface area contributed by atoms with Crippen LogP contribution in [-0.4, -0.2) is 18.6 Å². The van der Waals surface area contributed by atoms with E-state index in [-0.39, 0.29) is 6.03 Å². The van der Waals surface area contributed by atoms with Crippen molar-refractivity contribution >= 4 is 11.7 Å². The molecule has 1 saturated carbocycles. The van der Waals surface area contributed by atoms with Gasteiger partial charge in [0.15, 0.2) is 0 Å². The van der Waals surface area contributed by atoms with E-state index in [1.54, 1.807) is 0 Å². The van der Waals surface area contributed by atoms with Gasteiger partial charge in [-0.3, -0.25) is 0 Å². The third kappa shape index (κ3) is 4.47. The van der Waals surface area contributed by atoms with Crippen molar-refractivity contribution in [3.05, 3.63) is 29.8 Å². The first-order valence-corrected chi connectivity index (χ1v) is 7.06. The lowest BCUT2D eigenvalue weighted by atomic mass is 10.2. The van der Waals surface area contributed by atoms with Crippen molar-refractivity contribution < 1.29 is 4.79 Å². The lowest BCUT2D eigenvalue weighted by Crippen LogP contribution is -2.36. The molecule has 2 amide bonds. The Hall–Kier alpha value is -1.71. The number of urea groups is 1. The van der Waals surface area contributed by atoms with E-state index in [4.69, 9.17) is 0 Å². The second-order valence-corrected chi connectivity index (χ2v) is 5.27. The zero-order valence-corrected chi connectivity index (χ0v) is 11.7. The molecule has 1 aromatic rings. The maximum Gasteiger partial charge on any atom is 0.315 e. The van der Waals surface area contributed by atoms with Crippen LogP contribution in [0.15, 0.2) is 24.3 Å². The first-order valence-electron chi connectivity index (χ1n) is 7.06. The summed E-state index contributed by atoms with van der Waals surface area (Å²) < 4.78 is 0. The van der Waals surface area contributed by atoms with E-state index in [0.29, 0.717) is 18.5 Å². The molecule has 1 aliphatic rings. The molecular weight excluding hydrogens is 238 g/mol. The molecule has 0 aromatic heterocycles. The molecule has 19 heavy (non-hydrogen) atoms. The third-order valence-electron chi connectivity index (χ3n) is 3.41. The van der Waals surface area contributed by atoms with Crippen LogP contribution in [0.2, 0.25) is 0 Å². The quantitative estimate of drug-likeness (QED) is 0.737. The van der Waals surface area contributed by atoms with Crippen LogP contribution in [0.5, 0.6) is 0 Å². The largest absolute Gasteiger partial charge is 0.385 e. The summed E-state index contributed by atoms with van der Waals surface area (Å²) in [5.41, 5.74) is 2.24. The minimum atomic E-state index is -0.0671. The molecule has 1 aromatic carbocycles. The maximum atomic E-state index is 11.6. The molecule has 104 valence electrons. The Balaban J connectivity index is 1.71. The van der Waals surface area contributed by atoms with Crippen LogP contribution < -0.4 is 16.0 Å². The van der Waals surface area contributed by atoms with Gasteiger partial charge in [-0.05, 0) is 36.5 Å². The van der Waals surface area contributed by atoms with Gasteiger partial charge in [0.25, 0.3) is 0 Å². The standard InChI is InChI=1S/C15H23N3O/c1-3-8-16-13-6-4-12(5-7-13)10-17-15(19)18-14-9-11(14)2/h4-7,11,14,16H,3,8-10H2,1-2H3,(H2,17,18,19)/t11-,14-/m1/s1. The van der Waals surface area contributed by atoms with Gasteiger partial charge in [-0.15, -0.1) is 0 Å². The minimum absolute atomic E-state index is 0.0671. The van der Waals surface area contributed by atoms with E-state index in [1.165, 1.54) is 0 Å². The van der Waals surface area contributed by atoms with E-state index in [2.05, 4.69) is 29.8 Å². The van der Waals surface area contributed by atoms with Crippen LogP contribution in [0.25, 0.3) is 0 Å². The monoisotopic (exact) mass is 261 g/mol. The maximum absolute atomic E-state index is 11.6. The minimum Gasteiger partial charge on any atom is -0.385 e. The topological polar surface area (TPSA) is 53.2 Å². The van der Waals surface area contributed by atoms with Crippen molar-refractivity contribution in [1.82, 2.24) is 10.6 Å². The molecule has 0 heterocycles.